The third kappa shape index (κ3) is 5.68. The summed E-state index contributed by atoms with van der Waals surface area (Å²) in [6, 6.07) is 19.3. The summed E-state index contributed by atoms with van der Waals surface area (Å²) in [5.74, 6) is 2.50. The van der Waals surface area contributed by atoms with Crippen LogP contribution in [0.15, 0.2) is 65.1 Å². The van der Waals surface area contributed by atoms with Crippen molar-refractivity contribution in [3.05, 3.63) is 81.8 Å². The number of methoxy groups -OCH3 is 1. The third-order valence-corrected chi connectivity index (χ3v) is 4.99. The highest BCUT2D eigenvalue weighted by atomic mass is 79.9. The van der Waals surface area contributed by atoms with Gasteiger partial charge in [-0.1, -0.05) is 36.4 Å². The van der Waals surface area contributed by atoms with Gasteiger partial charge in [0.15, 0.2) is 23.0 Å². The summed E-state index contributed by atoms with van der Waals surface area (Å²) in [6.07, 6.45) is 0. The first kappa shape index (κ1) is 22.0. The van der Waals surface area contributed by atoms with E-state index in [4.69, 9.17) is 18.9 Å². The van der Waals surface area contributed by atoms with Crippen molar-refractivity contribution in [2.45, 2.75) is 26.7 Å². The van der Waals surface area contributed by atoms with Gasteiger partial charge in [0.1, 0.15) is 13.2 Å². The van der Waals surface area contributed by atoms with E-state index in [9.17, 15) is 5.11 Å². The Labute approximate surface area is 185 Å². The minimum atomic E-state index is -0.0689. The minimum absolute atomic E-state index is 0.0689. The van der Waals surface area contributed by atoms with Gasteiger partial charge in [-0.2, -0.15) is 0 Å². The van der Waals surface area contributed by atoms with Crippen LogP contribution in [0, 0.1) is 0 Å². The van der Waals surface area contributed by atoms with E-state index >= 15 is 0 Å². The highest BCUT2D eigenvalue weighted by molar-refractivity contribution is 9.10. The average Bonchev–Trinajstić information content (AvgIpc) is 2.78. The fourth-order valence-electron chi connectivity index (χ4n) is 2.93. The molecule has 0 unspecified atom stereocenters. The van der Waals surface area contributed by atoms with Crippen LogP contribution in [-0.4, -0.2) is 18.8 Å². The van der Waals surface area contributed by atoms with E-state index in [1.807, 2.05) is 61.5 Å². The maximum atomic E-state index is 9.41. The number of benzene rings is 3. The molecule has 0 aromatic heterocycles. The van der Waals surface area contributed by atoms with Crippen molar-refractivity contribution in [3.8, 4) is 23.0 Å². The Morgan fingerprint density at radius 1 is 0.767 bits per heavy atom. The molecule has 1 N–H and O–H groups in total. The smallest absolute Gasteiger partial charge is 0.175 e. The van der Waals surface area contributed by atoms with Crippen LogP contribution in [0.4, 0.5) is 0 Å². The van der Waals surface area contributed by atoms with Crippen molar-refractivity contribution in [2.75, 3.05) is 13.7 Å². The van der Waals surface area contributed by atoms with E-state index < -0.39 is 0 Å². The van der Waals surface area contributed by atoms with Crippen LogP contribution < -0.4 is 18.9 Å². The van der Waals surface area contributed by atoms with Gasteiger partial charge in [0.05, 0.1) is 24.8 Å². The second kappa shape index (κ2) is 10.9. The molecule has 3 rings (SSSR count). The summed E-state index contributed by atoms with van der Waals surface area (Å²) in [7, 11) is 1.62. The predicted molar refractivity (Wildman–Crippen MR) is 119 cm³/mol. The molecule has 0 radical (unpaired) electrons. The molecule has 0 aliphatic heterocycles. The fraction of sp³-hybridized carbons (Fsp3) is 0.250. The molecule has 0 atom stereocenters. The van der Waals surface area contributed by atoms with Crippen molar-refractivity contribution >= 4 is 15.9 Å². The summed E-state index contributed by atoms with van der Waals surface area (Å²) in [6.45, 7) is 3.13. The van der Waals surface area contributed by atoms with Gasteiger partial charge in [0, 0.05) is 0 Å². The van der Waals surface area contributed by atoms with Gasteiger partial charge in [0.2, 0.25) is 0 Å². The first-order chi connectivity index (χ1) is 14.6. The highest BCUT2D eigenvalue weighted by Crippen LogP contribution is 2.38. The van der Waals surface area contributed by atoms with Crippen molar-refractivity contribution < 1.29 is 24.1 Å². The number of hydrogen-bond donors (Lipinski definition) is 1. The van der Waals surface area contributed by atoms with Crippen molar-refractivity contribution in [1.82, 2.24) is 0 Å². The van der Waals surface area contributed by atoms with Gasteiger partial charge in [-0.3, -0.25) is 0 Å². The molecule has 0 bridgehead atoms. The zero-order valence-corrected chi connectivity index (χ0v) is 18.6. The average molecular weight is 473 g/mol. The number of aliphatic hydroxyl groups excluding tert-OH is 1. The van der Waals surface area contributed by atoms with Crippen molar-refractivity contribution in [3.63, 3.8) is 0 Å². The summed E-state index contributed by atoms with van der Waals surface area (Å²) in [5.41, 5.74) is 2.77. The standard InChI is InChI=1S/C24H25BrO5/c1-3-28-23-13-19(14-26)11-20(25)24(23)30-16-18-9-10-21(22(12-18)27-2)29-15-17-7-5-4-6-8-17/h4-13,26H,3,14-16H2,1-2H3. The third-order valence-electron chi connectivity index (χ3n) is 4.40. The second-order valence-electron chi connectivity index (χ2n) is 6.54. The molecule has 0 heterocycles. The van der Waals surface area contributed by atoms with Gasteiger partial charge in [-0.15, -0.1) is 0 Å². The van der Waals surface area contributed by atoms with Crippen LogP contribution in [0.2, 0.25) is 0 Å². The Hall–Kier alpha value is -2.70. The molecule has 0 amide bonds. The largest absolute Gasteiger partial charge is 0.493 e. The van der Waals surface area contributed by atoms with Crippen LogP contribution in [0.1, 0.15) is 23.6 Å². The molecular weight excluding hydrogens is 448 g/mol. The SMILES string of the molecule is CCOc1cc(CO)cc(Br)c1OCc1ccc(OCc2ccccc2)c(OC)c1. The minimum Gasteiger partial charge on any atom is -0.493 e. The molecule has 3 aromatic rings. The van der Waals surface area contributed by atoms with Crippen LogP contribution in [0.5, 0.6) is 23.0 Å². The topological polar surface area (TPSA) is 57.2 Å². The van der Waals surface area contributed by atoms with E-state index in [1.165, 1.54) is 0 Å². The van der Waals surface area contributed by atoms with Crippen LogP contribution in [-0.2, 0) is 19.8 Å². The lowest BCUT2D eigenvalue weighted by Gasteiger charge is -2.16. The molecule has 158 valence electrons. The number of hydrogen-bond acceptors (Lipinski definition) is 5. The number of ether oxygens (including phenoxy) is 4. The Morgan fingerprint density at radius 3 is 2.20 bits per heavy atom. The van der Waals surface area contributed by atoms with E-state index in [1.54, 1.807) is 13.2 Å². The Bertz CT molecular complexity index is 959. The Balaban J connectivity index is 1.71. The van der Waals surface area contributed by atoms with Crippen LogP contribution >= 0.6 is 15.9 Å². The molecule has 3 aromatic carbocycles. The highest BCUT2D eigenvalue weighted by Gasteiger charge is 2.13. The molecule has 0 fully saturated rings. The normalized spacial score (nSPS) is 10.5. The molecule has 6 heteroatoms. The second-order valence-corrected chi connectivity index (χ2v) is 7.40. The number of rotatable bonds is 10. The zero-order chi connectivity index (χ0) is 21.3. The van der Waals surface area contributed by atoms with Gasteiger partial charge in [-0.25, -0.2) is 0 Å². The fourth-order valence-corrected chi connectivity index (χ4v) is 3.53. The van der Waals surface area contributed by atoms with Crippen LogP contribution in [0.3, 0.4) is 0 Å². The maximum absolute atomic E-state index is 9.41. The molecule has 0 saturated carbocycles. The van der Waals surface area contributed by atoms with E-state index in [0.29, 0.717) is 42.8 Å². The lowest BCUT2D eigenvalue weighted by Crippen LogP contribution is -2.03. The molecule has 0 spiro atoms. The van der Waals surface area contributed by atoms with Gasteiger partial charge < -0.3 is 24.1 Å². The molecule has 0 aliphatic carbocycles. The van der Waals surface area contributed by atoms with Gasteiger partial charge >= 0.3 is 0 Å². The quantitative estimate of drug-likeness (QED) is 0.421. The van der Waals surface area contributed by atoms with Crippen molar-refractivity contribution in [1.29, 1.82) is 0 Å². The predicted octanol–water partition coefficient (Wildman–Crippen LogP) is 5.51. The lowest BCUT2D eigenvalue weighted by molar-refractivity contribution is 0.261. The summed E-state index contributed by atoms with van der Waals surface area (Å²) in [4.78, 5) is 0. The Morgan fingerprint density at radius 2 is 1.50 bits per heavy atom. The van der Waals surface area contributed by atoms with E-state index in [2.05, 4.69) is 15.9 Å². The first-order valence-electron chi connectivity index (χ1n) is 9.67. The summed E-state index contributed by atoms with van der Waals surface area (Å²) < 4.78 is 23.8. The van der Waals surface area contributed by atoms with Crippen molar-refractivity contribution in [2.24, 2.45) is 0 Å². The molecular formula is C24H25BrO5. The molecule has 30 heavy (non-hydrogen) atoms. The maximum Gasteiger partial charge on any atom is 0.175 e. The van der Waals surface area contributed by atoms with Crippen LogP contribution in [0.25, 0.3) is 0 Å². The summed E-state index contributed by atoms with van der Waals surface area (Å²) in [5, 5.41) is 9.41. The number of aliphatic hydroxyl groups is 1. The van der Waals surface area contributed by atoms with Gasteiger partial charge in [0.25, 0.3) is 0 Å². The molecule has 5 nitrogen and oxygen atoms in total. The zero-order valence-electron chi connectivity index (χ0n) is 17.1. The van der Waals surface area contributed by atoms with E-state index in [0.717, 1.165) is 21.2 Å². The molecule has 0 saturated heterocycles. The van der Waals surface area contributed by atoms with E-state index in [-0.39, 0.29) is 6.61 Å². The molecule has 0 aliphatic rings. The summed E-state index contributed by atoms with van der Waals surface area (Å²) >= 11 is 3.50. The Kier molecular flexibility index (Phi) is 7.99. The monoisotopic (exact) mass is 472 g/mol. The first-order valence-corrected chi connectivity index (χ1v) is 10.5. The lowest BCUT2D eigenvalue weighted by atomic mass is 10.2. The van der Waals surface area contributed by atoms with Gasteiger partial charge in [-0.05, 0) is 63.8 Å². The number of halogens is 1.